The Labute approximate surface area is 185 Å². The van der Waals surface area contributed by atoms with Gasteiger partial charge in [0.1, 0.15) is 17.2 Å². The standard InChI is InChI=1S/C24H27F2N3O3/c1-24(32-23(31)28-12-16-6-7-19(25)10-21(16)26)9-8-20(11-24)27-13-22(30)29-14-17-4-2-3-5-18(17)15-29/h2-7,10,20,27H,8-9,11-15H2,1H3,(H,28,31). The summed E-state index contributed by atoms with van der Waals surface area (Å²) in [6.45, 7) is 3.28. The third-order valence-corrected chi connectivity index (χ3v) is 6.21. The van der Waals surface area contributed by atoms with Gasteiger partial charge in [0.2, 0.25) is 5.91 Å². The van der Waals surface area contributed by atoms with E-state index >= 15 is 0 Å². The zero-order valence-corrected chi connectivity index (χ0v) is 18.0. The number of alkyl carbamates (subject to hydrolysis) is 1. The van der Waals surface area contributed by atoms with Crippen molar-refractivity contribution >= 4 is 12.0 Å². The van der Waals surface area contributed by atoms with E-state index in [1.165, 1.54) is 17.2 Å². The van der Waals surface area contributed by atoms with E-state index in [2.05, 4.69) is 10.6 Å². The Hall–Kier alpha value is -3.00. The molecule has 2 atom stereocenters. The lowest BCUT2D eigenvalue weighted by Gasteiger charge is -2.25. The molecule has 0 radical (unpaired) electrons. The maximum absolute atomic E-state index is 13.7. The average Bonchev–Trinajstić information content (AvgIpc) is 3.35. The number of fused-ring (bicyclic) bond motifs is 1. The Morgan fingerprint density at radius 3 is 2.56 bits per heavy atom. The molecule has 1 aliphatic carbocycles. The molecule has 32 heavy (non-hydrogen) atoms. The first-order valence-corrected chi connectivity index (χ1v) is 10.8. The van der Waals surface area contributed by atoms with Gasteiger partial charge in [0.25, 0.3) is 0 Å². The number of hydrogen-bond donors (Lipinski definition) is 2. The van der Waals surface area contributed by atoms with Crippen LogP contribution in [0.5, 0.6) is 0 Å². The average molecular weight is 443 g/mol. The van der Waals surface area contributed by atoms with Crippen molar-refractivity contribution in [3.63, 3.8) is 0 Å². The molecular formula is C24H27F2N3O3. The lowest BCUT2D eigenvalue weighted by atomic mass is 10.1. The van der Waals surface area contributed by atoms with Crippen LogP contribution < -0.4 is 10.6 Å². The van der Waals surface area contributed by atoms with Crippen molar-refractivity contribution in [2.24, 2.45) is 0 Å². The van der Waals surface area contributed by atoms with Gasteiger partial charge in [-0.05, 0) is 37.0 Å². The number of carbonyl (C=O) groups excluding carboxylic acids is 2. The monoisotopic (exact) mass is 443 g/mol. The van der Waals surface area contributed by atoms with Crippen LogP contribution in [-0.4, -0.2) is 35.1 Å². The SMILES string of the molecule is CC1(OC(=O)NCc2ccc(F)cc2F)CCC(NCC(=O)N2Cc3ccccc3C2)C1. The molecule has 2 aromatic carbocycles. The van der Waals surface area contributed by atoms with Gasteiger partial charge >= 0.3 is 6.09 Å². The van der Waals surface area contributed by atoms with E-state index in [1.54, 1.807) is 0 Å². The van der Waals surface area contributed by atoms with Crippen molar-refractivity contribution < 1.29 is 23.1 Å². The van der Waals surface area contributed by atoms with Crippen molar-refractivity contribution in [1.82, 2.24) is 15.5 Å². The predicted molar refractivity (Wildman–Crippen MR) is 114 cm³/mol. The third kappa shape index (κ3) is 5.24. The zero-order valence-electron chi connectivity index (χ0n) is 18.0. The van der Waals surface area contributed by atoms with Gasteiger partial charge in [-0.15, -0.1) is 0 Å². The Bertz CT molecular complexity index is 991. The van der Waals surface area contributed by atoms with E-state index in [0.29, 0.717) is 25.9 Å². The fraction of sp³-hybridized carbons (Fsp3) is 0.417. The first kappa shape index (κ1) is 22.2. The van der Waals surface area contributed by atoms with Crippen LogP contribution in [0, 0.1) is 11.6 Å². The normalized spacial score (nSPS) is 22.0. The molecule has 170 valence electrons. The Morgan fingerprint density at radius 1 is 1.16 bits per heavy atom. The molecule has 4 rings (SSSR count). The summed E-state index contributed by atoms with van der Waals surface area (Å²) >= 11 is 0. The van der Waals surface area contributed by atoms with Crippen LogP contribution in [-0.2, 0) is 29.2 Å². The van der Waals surface area contributed by atoms with Crippen molar-refractivity contribution in [3.8, 4) is 0 Å². The second-order valence-corrected chi connectivity index (χ2v) is 8.77. The highest BCUT2D eigenvalue weighted by atomic mass is 19.1. The highest BCUT2D eigenvalue weighted by Crippen LogP contribution is 2.33. The molecule has 0 saturated heterocycles. The number of halogens is 2. The lowest BCUT2D eigenvalue weighted by molar-refractivity contribution is -0.131. The van der Waals surface area contributed by atoms with E-state index in [1.807, 2.05) is 36.1 Å². The number of ether oxygens (including phenoxy) is 1. The van der Waals surface area contributed by atoms with Crippen molar-refractivity contribution in [1.29, 1.82) is 0 Å². The molecule has 0 bridgehead atoms. The Kier molecular flexibility index (Phi) is 6.41. The molecule has 1 saturated carbocycles. The summed E-state index contributed by atoms with van der Waals surface area (Å²) in [5.74, 6) is -1.33. The van der Waals surface area contributed by atoms with Crippen molar-refractivity contribution in [2.75, 3.05) is 6.54 Å². The molecule has 0 aromatic heterocycles. The van der Waals surface area contributed by atoms with Gasteiger partial charge < -0.3 is 20.3 Å². The number of nitrogens with zero attached hydrogens (tertiary/aromatic N) is 1. The molecule has 0 spiro atoms. The topological polar surface area (TPSA) is 70.7 Å². The molecule has 1 fully saturated rings. The van der Waals surface area contributed by atoms with Gasteiger partial charge in [0, 0.05) is 43.7 Å². The molecule has 2 aromatic rings. The summed E-state index contributed by atoms with van der Waals surface area (Å²) in [6.07, 6.45) is 1.37. The van der Waals surface area contributed by atoms with Crippen molar-refractivity contribution in [2.45, 2.75) is 57.5 Å². The zero-order chi connectivity index (χ0) is 22.7. The second-order valence-electron chi connectivity index (χ2n) is 8.77. The molecule has 1 heterocycles. The van der Waals surface area contributed by atoms with Gasteiger partial charge in [-0.3, -0.25) is 4.79 Å². The molecule has 1 aliphatic heterocycles. The lowest BCUT2D eigenvalue weighted by Crippen LogP contribution is -2.40. The van der Waals surface area contributed by atoms with Crippen LogP contribution in [0.1, 0.15) is 42.9 Å². The first-order chi connectivity index (χ1) is 15.3. The molecule has 2 unspecified atom stereocenters. The quantitative estimate of drug-likeness (QED) is 0.715. The van der Waals surface area contributed by atoms with E-state index in [0.717, 1.165) is 18.6 Å². The minimum Gasteiger partial charge on any atom is -0.443 e. The summed E-state index contributed by atoms with van der Waals surface area (Å²) in [7, 11) is 0. The molecule has 2 N–H and O–H groups in total. The van der Waals surface area contributed by atoms with Crippen LogP contribution >= 0.6 is 0 Å². The molecular weight excluding hydrogens is 416 g/mol. The summed E-state index contributed by atoms with van der Waals surface area (Å²) < 4.78 is 32.3. The van der Waals surface area contributed by atoms with Gasteiger partial charge in [0.05, 0.1) is 6.54 Å². The third-order valence-electron chi connectivity index (χ3n) is 6.21. The van der Waals surface area contributed by atoms with Crippen LogP contribution in [0.25, 0.3) is 0 Å². The predicted octanol–water partition coefficient (Wildman–Crippen LogP) is 3.63. The fourth-order valence-electron chi connectivity index (χ4n) is 4.42. The van der Waals surface area contributed by atoms with E-state index in [4.69, 9.17) is 4.74 Å². The molecule has 2 amide bonds. The van der Waals surface area contributed by atoms with Gasteiger partial charge in [-0.1, -0.05) is 30.3 Å². The van der Waals surface area contributed by atoms with Crippen LogP contribution in [0.3, 0.4) is 0 Å². The summed E-state index contributed by atoms with van der Waals surface area (Å²) in [4.78, 5) is 26.6. The minimum atomic E-state index is -0.715. The van der Waals surface area contributed by atoms with Crippen LogP contribution in [0.4, 0.5) is 13.6 Å². The number of amides is 2. The number of nitrogens with one attached hydrogen (secondary N) is 2. The summed E-state index contributed by atoms with van der Waals surface area (Å²) in [5.41, 5.74) is 1.89. The van der Waals surface area contributed by atoms with E-state index < -0.39 is 23.3 Å². The highest BCUT2D eigenvalue weighted by Gasteiger charge is 2.38. The molecule has 6 nitrogen and oxygen atoms in total. The summed E-state index contributed by atoms with van der Waals surface area (Å²) in [5, 5.41) is 5.81. The second kappa shape index (κ2) is 9.24. The molecule has 2 aliphatic rings. The number of rotatable bonds is 6. The smallest absolute Gasteiger partial charge is 0.407 e. The number of hydrogen-bond acceptors (Lipinski definition) is 4. The van der Waals surface area contributed by atoms with Crippen molar-refractivity contribution in [3.05, 3.63) is 70.8 Å². The van der Waals surface area contributed by atoms with Gasteiger partial charge in [-0.2, -0.15) is 0 Å². The van der Waals surface area contributed by atoms with Gasteiger partial charge in [0.15, 0.2) is 0 Å². The maximum atomic E-state index is 13.7. The Morgan fingerprint density at radius 2 is 1.88 bits per heavy atom. The highest BCUT2D eigenvalue weighted by molar-refractivity contribution is 5.79. The maximum Gasteiger partial charge on any atom is 0.407 e. The largest absolute Gasteiger partial charge is 0.443 e. The van der Waals surface area contributed by atoms with Gasteiger partial charge in [-0.25, -0.2) is 13.6 Å². The van der Waals surface area contributed by atoms with E-state index in [-0.39, 0.29) is 30.6 Å². The number of carbonyl (C=O) groups is 2. The van der Waals surface area contributed by atoms with Crippen LogP contribution in [0.2, 0.25) is 0 Å². The number of benzene rings is 2. The van der Waals surface area contributed by atoms with Crippen LogP contribution in [0.15, 0.2) is 42.5 Å². The summed E-state index contributed by atoms with van der Waals surface area (Å²) in [6, 6.07) is 11.3. The molecule has 8 heteroatoms. The fourth-order valence-corrected chi connectivity index (χ4v) is 4.42. The van der Waals surface area contributed by atoms with E-state index in [9.17, 15) is 18.4 Å². The Balaban J connectivity index is 1.20. The minimum absolute atomic E-state index is 0.0507. The first-order valence-electron chi connectivity index (χ1n) is 10.8.